The van der Waals surface area contributed by atoms with Crippen LogP contribution in [0.1, 0.15) is 0 Å². The molecule has 0 amide bonds. The van der Waals surface area contributed by atoms with Crippen LogP contribution < -0.4 is 0 Å². The van der Waals surface area contributed by atoms with E-state index < -0.39 is 7.82 Å². The maximum absolute atomic E-state index is 13.3. The van der Waals surface area contributed by atoms with E-state index in [-0.39, 0.29) is 0 Å². The van der Waals surface area contributed by atoms with E-state index >= 15 is 0 Å². The lowest BCUT2D eigenvalue weighted by Crippen LogP contribution is -1.88. The Hall–Kier alpha value is -3.04. The molecule has 0 aliphatic carbocycles. The second-order valence-corrected chi connectivity index (χ2v) is 10.6. The summed E-state index contributed by atoms with van der Waals surface area (Å²) in [5.74, 6) is 0. The first-order chi connectivity index (χ1) is 17.0. The molecule has 0 aliphatic heterocycles. The van der Waals surface area contributed by atoms with Crippen LogP contribution >= 0.6 is 44.0 Å². The van der Waals surface area contributed by atoms with Crippen LogP contribution in [0.25, 0.3) is 0 Å². The van der Waals surface area contributed by atoms with Crippen LogP contribution in [0.15, 0.2) is 102 Å². The number of hydrogen-bond acceptors (Lipinski definition) is 13. The third-order valence-corrected chi connectivity index (χ3v) is 8.19. The quantitative estimate of drug-likeness (QED) is 0.0998. The number of benzene rings is 3. The first-order valence-corrected chi connectivity index (χ1v) is 12.9. The molecule has 0 unspecified atom stereocenters. The average molecular weight is 546 g/mol. The van der Waals surface area contributed by atoms with Crippen LogP contribution in [0.4, 0.5) is 17.1 Å². The Morgan fingerprint density at radius 2 is 0.771 bits per heavy atom. The van der Waals surface area contributed by atoms with Gasteiger partial charge in [0.15, 0.2) is 0 Å². The smallest absolute Gasteiger partial charge is 0.225 e. The van der Waals surface area contributed by atoms with Gasteiger partial charge in [-0.15, -0.1) is 0 Å². The molecule has 176 valence electrons. The van der Waals surface area contributed by atoms with Gasteiger partial charge in [0.05, 0.1) is 17.1 Å². The maximum Gasteiger partial charge on any atom is 0.509 e. The van der Waals surface area contributed by atoms with Crippen molar-refractivity contribution in [2.75, 3.05) is 0 Å². The Balaban J connectivity index is 1.70. The number of carbonyl (C=O) groups excluding carboxylic acids is 3. The van der Waals surface area contributed by atoms with Crippen molar-refractivity contribution < 1.29 is 30.9 Å². The summed E-state index contributed by atoms with van der Waals surface area (Å²) in [7, 11) is -4.16. The molecule has 0 fully saturated rings. The molecule has 14 heteroatoms. The Morgan fingerprint density at radius 3 is 1.00 bits per heavy atom. The first-order valence-electron chi connectivity index (χ1n) is 9.26. The fraction of sp³-hybridized carbons (Fsp3) is 0. The van der Waals surface area contributed by atoms with Gasteiger partial charge in [-0.3, -0.25) is 0 Å². The van der Waals surface area contributed by atoms with E-state index in [1.54, 1.807) is 72.8 Å². The number of nitrogens with zero attached hydrogens (tertiary/aromatic N) is 3. The number of aliphatic imine (C=N–C) groups is 3. The molecule has 0 heterocycles. The lowest BCUT2D eigenvalue weighted by Gasteiger charge is -2.15. The van der Waals surface area contributed by atoms with E-state index in [4.69, 9.17) is 11.9 Å². The SMILES string of the molecule is O=C=Nc1ccc(SOP(=O)(OSc2ccc(N=C=O)cc2)OSc2ccc(N=C=O)cc2)cc1. The van der Waals surface area contributed by atoms with Crippen molar-refractivity contribution in [3.05, 3.63) is 72.8 Å². The Morgan fingerprint density at radius 1 is 0.514 bits per heavy atom. The van der Waals surface area contributed by atoms with E-state index in [0.29, 0.717) is 31.7 Å². The molecule has 0 atom stereocenters. The molecule has 0 N–H and O–H groups in total. The van der Waals surface area contributed by atoms with Gasteiger partial charge in [-0.2, -0.15) is 15.0 Å². The fourth-order valence-electron chi connectivity index (χ4n) is 2.19. The van der Waals surface area contributed by atoms with Crippen molar-refractivity contribution in [1.82, 2.24) is 0 Å². The van der Waals surface area contributed by atoms with E-state index in [2.05, 4.69) is 15.0 Å². The van der Waals surface area contributed by atoms with Gasteiger partial charge in [0.2, 0.25) is 18.2 Å². The van der Waals surface area contributed by atoms with E-state index in [1.807, 2.05) is 0 Å². The first kappa shape index (κ1) is 26.6. The van der Waals surface area contributed by atoms with Crippen LogP contribution in [-0.2, 0) is 30.9 Å². The summed E-state index contributed by atoms with van der Waals surface area (Å²) in [6.07, 6.45) is 4.33. The monoisotopic (exact) mass is 545 g/mol. The van der Waals surface area contributed by atoms with E-state index in [0.717, 1.165) is 36.1 Å². The molecule has 3 aromatic rings. The van der Waals surface area contributed by atoms with Gasteiger partial charge in [-0.05, 0) is 72.8 Å². The van der Waals surface area contributed by atoms with Crippen LogP contribution in [0, 0.1) is 0 Å². The third-order valence-electron chi connectivity index (χ3n) is 3.71. The van der Waals surface area contributed by atoms with Crippen LogP contribution in [0.3, 0.4) is 0 Å². The molecule has 10 nitrogen and oxygen atoms in total. The lowest BCUT2D eigenvalue weighted by atomic mass is 10.3. The second-order valence-electron chi connectivity index (χ2n) is 6.01. The van der Waals surface area contributed by atoms with Gasteiger partial charge in [0.1, 0.15) is 0 Å². The molecule has 0 saturated carbocycles. The summed E-state index contributed by atoms with van der Waals surface area (Å²) < 4.78 is 29.6. The molecule has 0 spiro atoms. The Labute approximate surface area is 212 Å². The predicted molar refractivity (Wildman–Crippen MR) is 131 cm³/mol. The predicted octanol–water partition coefficient (Wildman–Crippen LogP) is 7.17. The molecule has 0 radical (unpaired) electrons. The number of phosphoric acid groups is 1. The number of rotatable bonds is 12. The summed E-state index contributed by atoms with van der Waals surface area (Å²) in [5.41, 5.74) is 1.20. The van der Waals surface area contributed by atoms with Crippen molar-refractivity contribution in [3.63, 3.8) is 0 Å². The zero-order chi connectivity index (χ0) is 24.9. The summed E-state index contributed by atoms with van der Waals surface area (Å²) in [6.45, 7) is 0. The van der Waals surface area contributed by atoms with Crippen LogP contribution in [0.2, 0.25) is 0 Å². The van der Waals surface area contributed by atoms with Gasteiger partial charge in [0, 0.05) is 50.8 Å². The molecule has 0 aliphatic rings. The molecular formula is C21H12N3O7PS3. The Kier molecular flexibility index (Phi) is 10.4. The van der Waals surface area contributed by atoms with E-state index in [1.165, 1.54) is 18.2 Å². The molecule has 3 rings (SSSR count). The molecule has 3 aromatic carbocycles. The highest BCUT2D eigenvalue weighted by Crippen LogP contribution is 2.60. The lowest BCUT2D eigenvalue weighted by molar-refractivity contribution is 0.350. The van der Waals surface area contributed by atoms with Gasteiger partial charge in [-0.25, -0.2) is 30.9 Å². The normalized spacial score (nSPS) is 11.9. The topological polar surface area (TPSA) is 133 Å². The zero-order valence-corrected chi connectivity index (χ0v) is 20.6. The number of hydrogen-bond donors (Lipinski definition) is 0. The average Bonchev–Trinajstić information content (AvgIpc) is 2.88. The minimum Gasteiger partial charge on any atom is -0.225 e. The highest BCUT2D eigenvalue weighted by molar-refractivity contribution is 8.04. The minimum absolute atomic E-state index is 0.399. The third kappa shape index (κ3) is 8.92. The highest BCUT2D eigenvalue weighted by Gasteiger charge is 2.31. The minimum atomic E-state index is -4.16. The van der Waals surface area contributed by atoms with Crippen molar-refractivity contribution in [2.24, 2.45) is 15.0 Å². The van der Waals surface area contributed by atoms with Crippen molar-refractivity contribution in [3.8, 4) is 0 Å². The van der Waals surface area contributed by atoms with Gasteiger partial charge in [-0.1, -0.05) is 0 Å². The highest BCUT2D eigenvalue weighted by atomic mass is 32.2. The van der Waals surface area contributed by atoms with Gasteiger partial charge >= 0.3 is 7.82 Å². The number of isocyanates is 3. The Bertz CT molecular complexity index is 1170. The van der Waals surface area contributed by atoms with Crippen LogP contribution in [0.5, 0.6) is 0 Å². The van der Waals surface area contributed by atoms with Crippen LogP contribution in [-0.4, -0.2) is 18.2 Å². The maximum atomic E-state index is 13.3. The molecule has 0 aromatic heterocycles. The molecular weight excluding hydrogens is 533 g/mol. The van der Waals surface area contributed by atoms with E-state index in [9.17, 15) is 18.9 Å². The van der Waals surface area contributed by atoms with Crippen molar-refractivity contribution in [1.29, 1.82) is 0 Å². The van der Waals surface area contributed by atoms with Gasteiger partial charge < -0.3 is 0 Å². The standard InChI is InChI=1S/C21H12N3O7PS3/c25-13-22-16-1-7-19(8-2-16)33-29-32(28,30-34-20-9-3-17(4-10-20)23-14-26)31-35-21-11-5-18(6-12-21)24-15-27/h1-12H. The second kappa shape index (κ2) is 13.7. The summed E-state index contributed by atoms with van der Waals surface area (Å²) in [6, 6.07) is 18.9. The summed E-state index contributed by atoms with van der Waals surface area (Å²) in [5, 5.41) is 0. The van der Waals surface area contributed by atoms with Crippen molar-refractivity contribution >= 4 is 79.3 Å². The molecule has 0 saturated heterocycles. The van der Waals surface area contributed by atoms with Crippen molar-refractivity contribution in [2.45, 2.75) is 14.7 Å². The molecule has 35 heavy (non-hydrogen) atoms. The largest absolute Gasteiger partial charge is 0.509 e. The van der Waals surface area contributed by atoms with Gasteiger partial charge in [0.25, 0.3) is 0 Å². The fourth-order valence-corrected chi connectivity index (χ4v) is 6.03. The zero-order valence-electron chi connectivity index (χ0n) is 17.3. The molecule has 0 bridgehead atoms. The summed E-state index contributed by atoms with van der Waals surface area (Å²) >= 11 is 2.24. The summed E-state index contributed by atoms with van der Waals surface area (Å²) in [4.78, 5) is 43.2.